The Labute approximate surface area is 135 Å². The molecule has 1 aromatic rings. The fourth-order valence-corrected chi connectivity index (χ4v) is 4.21. The summed E-state index contributed by atoms with van der Waals surface area (Å²) in [5.41, 5.74) is 0. The van der Waals surface area contributed by atoms with E-state index in [0.29, 0.717) is 11.0 Å². The van der Waals surface area contributed by atoms with Crippen molar-refractivity contribution in [3.05, 3.63) is 11.1 Å². The number of hydrogen-bond donors (Lipinski definition) is 2. The molecule has 124 valence electrons. The third kappa shape index (κ3) is 5.24. The van der Waals surface area contributed by atoms with Crippen molar-refractivity contribution < 1.29 is 13.2 Å². The molecule has 1 heterocycles. The van der Waals surface area contributed by atoms with Gasteiger partial charge in [-0.2, -0.15) is 0 Å². The molecule has 0 aromatic carbocycles. The number of nitrogens with one attached hydrogen (secondary N) is 2. The smallest absolute Gasteiger partial charge is 0.321 e. The maximum Gasteiger partial charge on any atom is 0.321 e. The summed E-state index contributed by atoms with van der Waals surface area (Å²) in [4.78, 5) is 17.2. The molecule has 0 spiro atoms. The summed E-state index contributed by atoms with van der Waals surface area (Å²) in [6, 6.07) is -0.407. The monoisotopic (exact) mass is 345 g/mol. The number of amides is 2. The van der Waals surface area contributed by atoms with Crippen molar-refractivity contribution in [2.24, 2.45) is 0 Å². The largest absolute Gasteiger partial charge is 0.337 e. The highest BCUT2D eigenvalue weighted by Gasteiger charge is 2.18. The topological polar surface area (TPSA) is 88.2 Å². The molecule has 0 bridgehead atoms. The molecule has 2 rings (SSSR count). The quantitative estimate of drug-likeness (QED) is 0.830. The van der Waals surface area contributed by atoms with Crippen LogP contribution in [0.2, 0.25) is 0 Å². The number of thiazole rings is 1. The number of carbonyl (C=O) groups is 1. The lowest BCUT2D eigenvalue weighted by Gasteiger charge is -2.19. The summed E-state index contributed by atoms with van der Waals surface area (Å²) in [5, 5.41) is 5.78. The van der Waals surface area contributed by atoms with Gasteiger partial charge in [-0.05, 0) is 18.8 Å². The lowest BCUT2D eigenvalue weighted by atomic mass is 9.89. The summed E-state index contributed by atoms with van der Waals surface area (Å²) in [7, 11) is -3.05. The number of carbonyl (C=O) groups excluding carboxylic acids is 1. The molecule has 0 atom stereocenters. The second kappa shape index (κ2) is 7.92. The van der Waals surface area contributed by atoms with Gasteiger partial charge in [0, 0.05) is 23.4 Å². The lowest BCUT2D eigenvalue weighted by molar-refractivity contribution is 0.252. The van der Waals surface area contributed by atoms with Crippen LogP contribution in [0.3, 0.4) is 0 Å². The summed E-state index contributed by atoms with van der Waals surface area (Å²) in [5.74, 6) is 0.620. The minimum atomic E-state index is -3.05. The molecule has 2 N–H and O–H groups in total. The van der Waals surface area contributed by atoms with E-state index in [1.807, 2.05) is 6.20 Å². The van der Waals surface area contributed by atoms with Crippen LogP contribution in [-0.4, -0.2) is 37.5 Å². The molecule has 6 nitrogen and oxygen atoms in total. The normalized spacial score (nSPS) is 16.4. The first-order valence-corrected chi connectivity index (χ1v) is 10.3. The first-order chi connectivity index (χ1) is 10.5. The predicted molar refractivity (Wildman–Crippen MR) is 89.3 cm³/mol. The molecule has 22 heavy (non-hydrogen) atoms. The van der Waals surface area contributed by atoms with E-state index in [1.54, 1.807) is 6.92 Å². The number of nitrogens with zero attached hydrogens (tertiary/aromatic N) is 1. The minimum Gasteiger partial charge on any atom is -0.337 e. The van der Waals surface area contributed by atoms with Crippen molar-refractivity contribution in [1.29, 1.82) is 0 Å². The van der Waals surface area contributed by atoms with E-state index in [-0.39, 0.29) is 18.1 Å². The standard InChI is InChI=1S/C14H23N3O3S2/c1-2-22(19,20)9-8-15-13(18)17-14-16-10-12(21-14)11-6-4-3-5-7-11/h10-11H,2-9H2,1H3,(H2,15,16,17,18). The van der Waals surface area contributed by atoms with Crippen LogP contribution in [0.15, 0.2) is 6.20 Å². The second-order valence-corrected chi connectivity index (χ2v) is 9.05. The molecule has 0 radical (unpaired) electrons. The number of aromatic nitrogens is 1. The summed E-state index contributed by atoms with van der Waals surface area (Å²) in [6.07, 6.45) is 8.07. The Morgan fingerprint density at radius 2 is 2.09 bits per heavy atom. The van der Waals surface area contributed by atoms with Gasteiger partial charge in [-0.1, -0.05) is 26.2 Å². The Bertz CT molecular complexity index is 592. The van der Waals surface area contributed by atoms with Gasteiger partial charge in [0.05, 0.1) is 5.75 Å². The van der Waals surface area contributed by atoms with Crippen molar-refractivity contribution in [3.8, 4) is 0 Å². The van der Waals surface area contributed by atoms with Crippen molar-refractivity contribution in [1.82, 2.24) is 10.3 Å². The summed E-state index contributed by atoms with van der Waals surface area (Å²) < 4.78 is 22.7. The lowest BCUT2D eigenvalue weighted by Crippen LogP contribution is -2.33. The van der Waals surface area contributed by atoms with Crippen LogP contribution < -0.4 is 10.6 Å². The van der Waals surface area contributed by atoms with Gasteiger partial charge in [-0.3, -0.25) is 5.32 Å². The fourth-order valence-electron chi connectivity index (χ4n) is 2.53. The number of hydrogen-bond acceptors (Lipinski definition) is 5. The third-order valence-corrected chi connectivity index (χ3v) is 6.67. The average molecular weight is 345 g/mol. The molecule has 0 saturated heterocycles. The Morgan fingerprint density at radius 3 is 2.77 bits per heavy atom. The fraction of sp³-hybridized carbons (Fsp3) is 0.714. The predicted octanol–water partition coefficient (Wildman–Crippen LogP) is 2.75. The maximum absolute atomic E-state index is 11.7. The van der Waals surface area contributed by atoms with E-state index in [1.165, 1.54) is 48.3 Å². The molecule has 8 heteroatoms. The van der Waals surface area contributed by atoms with Crippen molar-refractivity contribution >= 4 is 32.3 Å². The highest BCUT2D eigenvalue weighted by Crippen LogP contribution is 2.36. The van der Waals surface area contributed by atoms with Gasteiger partial charge >= 0.3 is 6.03 Å². The van der Waals surface area contributed by atoms with Gasteiger partial charge in [-0.25, -0.2) is 18.2 Å². The third-order valence-electron chi connectivity index (χ3n) is 3.89. The zero-order valence-electron chi connectivity index (χ0n) is 12.8. The number of anilines is 1. The van der Waals surface area contributed by atoms with Gasteiger partial charge < -0.3 is 5.32 Å². The zero-order valence-corrected chi connectivity index (χ0v) is 14.4. The van der Waals surface area contributed by atoms with Crippen molar-refractivity contribution in [3.63, 3.8) is 0 Å². The van der Waals surface area contributed by atoms with E-state index in [9.17, 15) is 13.2 Å². The highest BCUT2D eigenvalue weighted by atomic mass is 32.2. The van der Waals surface area contributed by atoms with Crippen LogP contribution in [0.25, 0.3) is 0 Å². The van der Waals surface area contributed by atoms with E-state index >= 15 is 0 Å². The Kier molecular flexibility index (Phi) is 6.19. The summed E-state index contributed by atoms with van der Waals surface area (Å²) in [6.45, 7) is 1.71. The van der Waals surface area contributed by atoms with Crippen LogP contribution in [0, 0.1) is 0 Å². The van der Waals surface area contributed by atoms with Crippen molar-refractivity contribution in [2.75, 3.05) is 23.4 Å². The number of rotatable bonds is 6. The Morgan fingerprint density at radius 1 is 1.36 bits per heavy atom. The molecule has 1 aliphatic rings. The van der Waals surface area contributed by atoms with E-state index in [0.717, 1.165) is 0 Å². The molecule has 0 aliphatic heterocycles. The number of urea groups is 1. The van der Waals surface area contributed by atoms with Crippen LogP contribution in [-0.2, 0) is 9.84 Å². The average Bonchev–Trinajstić information content (AvgIpc) is 2.96. The molecule has 1 fully saturated rings. The Hall–Kier alpha value is -1.15. The number of sulfone groups is 1. The van der Waals surface area contributed by atoms with Gasteiger partial charge in [0.2, 0.25) is 0 Å². The molecule has 2 amide bonds. The first kappa shape index (κ1) is 17.2. The maximum atomic E-state index is 11.7. The molecule has 0 unspecified atom stereocenters. The van der Waals surface area contributed by atoms with Crippen LogP contribution >= 0.6 is 11.3 Å². The Balaban J connectivity index is 1.78. The second-order valence-electron chi connectivity index (χ2n) is 5.52. The molecule has 1 saturated carbocycles. The van der Waals surface area contributed by atoms with Gasteiger partial charge in [0.1, 0.15) is 0 Å². The van der Waals surface area contributed by atoms with Gasteiger partial charge in [0.15, 0.2) is 15.0 Å². The molecular formula is C14H23N3O3S2. The molecule has 1 aliphatic carbocycles. The van der Waals surface area contributed by atoms with Gasteiger partial charge in [-0.15, -0.1) is 11.3 Å². The van der Waals surface area contributed by atoms with Crippen molar-refractivity contribution in [2.45, 2.75) is 44.9 Å². The van der Waals surface area contributed by atoms with Gasteiger partial charge in [0.25, 0.3) is 0 Å². The van der Waals surface area contributed by atoms with Crippen LogP contribution in [0.4, 0.5) is 9.93 Å². The molecule has 1 aromatic heterocycles. The van der Waals surface area contributed by atoms with E-state index in [4.69, 9.17) is 0 Å². The van der Waals surface area contributed by atoms with Crippen LogP contribution in [0.1, 0.15) is 49.8 Å². The zero-order chi connectivity index (χ0) is 16.0. The summed E-state index contributed by atoms with van der Waals surface area (Å²) >= 11 is 1.51. The van der Waals surface area contributed by atoms with E-state index < -0.39 is 15.9 Å². The minimum absolute atomic E-state index is 0.0396. The highest BCUT2D eigenvalue weighted by molar-refractivity contribution is 7.91. The SMILES string of the molecule is CCS(=O)(=O)CCNC(=O)Nc1ncc(C2CCCCC2)s1. The molecular weight excluding hydrogens is 322 g/mol. The first-order valence-electron chi connectivity index (χ1n) is 7.71. The van der Waals surface area contributed by atoms with E-state index in [2.05, 4.69) is 15.6 Å². The van der Waals surface area contributed by atoms with Crippen LogP contribution in [0.5, 0.6) is 0 Å².